The molecular formula is C16H24ClNO. The fourth-order valence-electron chi connectivity index (χ4n) is 2.36. The molecule has 0 bridgehead atoms. The SMILES string of the molecule is CC(C)(C)c1ccc(OCC2CCCNC2)c(Cl)c1. The predicted octanol–water partition coefficient (Wildman–Crippen LogP) is 4.02. The van der Waals surface area contributed by atoms with E-state index in [4.69, 9.17) is 16.3 Å². The summed E-state index contributed by atoms with van der Waals surface area (Å²) in [5.41, 5.74) is 1.36. The van der Waals surface area contributed by atoms with Gasteiger partial charge in [0, 0.05) is 12.5 Å². The highest BCUT2D eigenvalue weighted by molar-refractivity contribution is 6.32. The first-order chi connectivity index (χ1) is 8.97. The lowest BCUT2D eigenvalue weighted by Gasteiger charge is -2.24. The summed E-state index contributed by atoms with van der Waals surface area (Å²) in [4.78, 5) is 0. The van der Waals surface area contributed by atoms with Gasteiger partial charge < -0.3 is 10.1 Å². The third-order valence-corrected chi connectivity index (χ3v) is 3.97. The Morgan fingerprint density at radius 3 is 2.74 bits per heavy atom. The van der Waals surface area contributed by atoms with Gasteiger partial charge in [-0.2, -0.15) is 0 Å². The van der Waals surface area contributed by atoms with E-state index in [1.807, 2.05) is 12.1 Å². The molecule has 1 aliphatic rings. The quantitative estimate of drug-likeness (QED) is 0.904. The highest BCUT2D eigenvalue weighted by Gasteiger charge is 2.17. The Balaban J connectivity index is 1.97. The Labute approximate surface area is 121 Å². The van der Waals surface area contributed by atoms with Crippen molar-refractivity contribution in [3.8, 4) is 5.75 Å². The van der Waals surface area contributed by atoms with Crippen LogP contribution in [0.4, 0.5) is 0 Å². The van der Waals surface area contributed by atoms with Gasteiger partial charge in [0.15, 0.2) is 0 Å². The maximum atomic E-state index is 6.31. The number of hydrogen-bond acceptors (Lipinski definition) is 2. The van der Waals surface area contributed by atoms with E-state index >= 15 is 0 Å². The van der Waals surface area contributed by atoms with E-state index < -0.39 is 0 Å². The lowest BCUT2D eigenvalue weighted by atomic mass is 9.87. The Bertz CT molecular complexity index is 419. The Morgan fingerprint density at radius 2 is 2.16 bits per heavy atom. The zero-order chi connectivity index (χ0) is 13.9. The highest BCUT2D eigenvalue weighted by atomic mass is 35.5. The molecule has 1 saturated heterocycles. The van der Waals surface area contributed by atoms with Crippen LogP contribution in [0.15, 0.2) is 18.2 Å². The summed E-state index contributed by atoms with van der Waals surface area (Å²) in [6, 6.07) is 6.13. The summed E-state index contributed by atoms with van der Waals surface area (Å²) in [5.74, 6) is 1.41. The van der Waals surface area contributed by atoms with Crippen LogP contribution in [-0.4, -0.2) is 19.7 Å². The maximum absolute atomic E-state index is 6.31. The van der Waals surface area contributed by atoms with Gasteiger partial charge in [-0.05, 0) is 42.5 Å². The number of ether oxygens (including phenoxy) is 1. The van der Waals surface area contributed by atoms with Crippen molar-refractivity contribution in [3.05, 3.63) is 28.8 Å². The normalized spacial score (nSPS) is 20.3. The van der Waals surface area contributed by atoms with E-state index in [1.165, 1.54) is 18.4 Å². The molecule has 1 heterocycles. The lowest BCUT2D eigenvalue weighted by Crippen LogP contribution is -2.33. The second-order valence-corrected chi connectivity index (χ2v) is 6.83. The first-order valence-corrected chi connectivity index (χ1v) is 7.48. The summed E-state index contributed by atoms with van der Waals surface area (Å²) < 4.78 is 5.87. The van der Waals surface area contributed by atoms with Gasteiger partial charge in [-0.1, -0.05) is 38.4 Å². The fraction of sp³-hybridized carbons (Fsp3) is 0.625. The van der Waals surface area contributed by atoms with Gasteiger partial charge in [-0.25, -0.2) is 0 Å². The molecular weight excluding hydrogens is 258 g/mol. The topological polar surface area (TPSA) is 21.3 Å². The van der Waals surface area contributed by atoms with Gasteiger partial charge in [0.2, 0.25) is 0 Å². The van der Waals surface area contributed by atoms with Crippen LogP contribution >= 0.6 is 11.6 Å². The minimum atomic E-state index is 0.120. The third-order valence-electron chi connectivity index (χ3n) is 3.67. The van der Waals surface area contributed by atoms with Gasteiger partial charge in [0.25, 0.3) is 0 Å². The van der Waals surface area contributed by atoms with Gasteiger partial charge in [-0.3, -0.25) is 0 Å². The van der Waals surface area contributed by atoms with E-state index in [-0.39, 0.29) is 5.41 Å². The summed E-state index contributed by atoms with van der Waals surface area (Å²) in [6.45, 7) is 9.50. The molecule has 0 saturated carbocycles. The highest BCUT2D eigenvalue weighted by Crippen LogP contribution is 2.31. The van der Waals surface area contributed by atoms with Crippen LogP contribution < -0.4 is 10.1 Å². The molecule has 1 N–H and O–H groups in total. The Hall–Kier alpha value is -0.730. The fourth-order valence-corrected chi connectivity index (χ4v) is 2.59. The molecule has 106 valence electrons. The largest absolute Gasteiger partial charge is 0.492 e. The van der Waals surface area contributed by atoms with Gasteiger partial charge in [-0.15, -0.1) is 0 Å². The predicted molar refractivity (Wildman–Crippen MR) is 81.2 cm³/mol. The van der Waals surface area contributed by atoms with Crippen LogP contribution in [0.25, 0.3) is 0 Å². The van der Waals surface area contributed by atoms with Gasteiger partial charge in [0.05, 0.1) is 11.6 Å². The molecule has 2 rings (SSSR count). The van der Waals surface area contributed by atoms with Crippen LogP contribution in [0.3, 0.4) is 0 Å². The minimum absolute atomic E-state index is 0.120. The molecule has 1 atom stereocenters. The van der Waals surface area contributed by atoms with Crippen molar-refractivity contribution in [2.75, 3.05) is 19.7 Å². The van der Waals surface area contributed by atoms with Crippen molar-refractivity contribution in [1.82, 2.24) is 5.32 Å². The molecule has 1 aromatic carbocycles. The van der Waals surface area contributed by atoms with Gasteiger partial charge >= 0.3 is 0 Å². The van der Waals surface area contributed by atoms with E-state index in [0.29, 0.717) is 5.92 Å². The smallest absolute Gasteiger partial charge is 0.137 e. The number of benzene rings is 1. The van der Waals surface area contributed by atoms with Crippen molar-refractivity contribution in [3.63, 3.8) is 0 Å². The molecule has 2 nitrogen and oxygen atoms in total. The molecule has 1 fully saturated rings. The Kier molecular flexibility index (Phi) is 4.75. The summed E-state index contributed by atoms with van der Waals surface area (Å²) >= 11 is 6.31. The summed E-state index contributed by atoms with van der Waals surface area (Å²) in [7, 11) is 0. The lowest BCUT2D eigenvalue weighted by molar-refractivity contribution is 0.218. The Morgan fingerprint density at radius 1 is 1.37 bits per heavy atom. The zero-order valence-corrected chi connectivity index (χ0v) is 12.9. The molecule has 0 spiro atoms. The van der Waals surface area contributed by atoms with Crippen molar-refractivity contribution in [2.24, 2.45) is 5.92 Å². The van der Waals surface area contributed by atoms with E-state index in [2.05, 4.69) is 32.2 Å². The number of hydrogen-bond donors (Lipinski definition) is 1. The van der Waals surface area contributed by atoms with E-state index in [0.717, 1.165) is 30.5 Å². The van der Waals surface area contributed by atoms with Crippen molar-refractivity contribution >= 4 is 11.6 Å². The monoisotopic (exact) mass is 281 g/mol. The third kappa shape index (κ3) is 4.12. The number of rotatable bonds is 3. The zero-order valence-electron chi connectivity index (χ0n) is 12.1. The summed E-state index contributed by atoms with van der Waals surface area (Å²) in [5, 5.41) is 4.12. The van der Waals surface area contributed by atoms with Crippen LogP contribution in [0.5, 0.6) is 5.75 Å². The first-order valence-electron chi connectivity index (χ1n) is 7.10. The molecule has 0 aromatic heterocycles. The van der Waals surface area contributed by atoms with Gasteiger partial charge in [0.1, 0.15) is 5.75 Å². The average molecular weight is 282 g/mol. The van der Waals surface area contributed by atoms with Crippen molar-refractivity contribution in [1.29, 1.82) is 0 Å². The number of piperidine rings is 1. The number of halogens is 1. The maximum Gasteiger partial charge on any atom is 0.137 e. The van der Waals surface area contributed by atoms with Crippen LogP contribution in [0.2, 0.25) is 5.02 Å². The standard InChI is InChI=1S/C16H24ClNO/c1-16(2,3)13-6-7-15(14(17)9-13)19-11-12-5-4-8-18-10-12/h6-7,9,12,18H,4-5,8,10-11H2,1-3H3. The average Bonchev–Trinajstić information content (AvgIpc) is 2.37. The van der Waals surface area contributed by atoms with Crippen molar-refractivity contribution in [2.45, 2.75) is 39.0 Å². The van der Waals surface area contributed by atoms with Crippen LogP contribution in [0.1, 0.15) is 39.2 Å². The molecule has 1 aromatic rings. The second-order valence-electron chi connectivity index (χ2n) is 6.42. The molecule has 1 unspecified atom stereocenters. The van der Waals surface area contributed by atoms with Crippen molar-refractivity contribution < 1.29 is 4.74 Å². The molecule has 0 aliphatic carbocycles. The minimum Gasteiger partial charge on any atom is -0.492 e. The molecule has 0 amide bonds. The molecule has 19 heavy (non-hydrogen) atoms. The van der Waals surface area contributed by atoms with E-state index in [1.54, 1.807) is 0 Å². The molecule has 0 radical (unpaired) electrons. The summed E-state index contributed by atoms with van der Waals surface area (Å²) in [6.07, 6.45) is 2.48. The molecule has 3 heteroatoms. The van der Waals surface area contributed by atoms with Crippen LogP contribution in [0, 0.1) is 5.92 Å². The van der Waals surface area contributed by atoms with E-state index in [9.17, 15) is 0 Å². The second kappa shape index (κ2) is 6.15. The number of nitrogens with one attached hydrogen (secondary N) is 1. The molecule has 1 aliphatic heterocycles. The van der Waals surface area contributed by atoms with Crippen LogP contribution in [-0.2, 0) is 5.41 Å². The first kappa shape index (κ1) is 14.7.